The molecule has 1 amide bonds. The molecule has 140 valence electrons. The molecule has 2 aliphatic rings. The Bertz CT molecular complexity index is 395. The van der Waals surface area contributed by atoms with E-state index in [2.05, 4.69) is 22.0 Å². The van der Waals surface area contributed by atoms with Crippen molar-refractivity contribution in [1.29, 1.82) is 0 Å². The fourth-order valence-corrected chi connectivity index (χ4v) is 3.55. The van der Waals surface area contributed by atoms with E-state index in [4.69, 9.17) is 4.74 Å². The first-order valence-corrected chi connectivity index (χ1v) is 9.37. The number of nitrogens with zero attached hydrogens (tertiary/aromatic N) is 2. The second-order valence-corrected chi connectivity index (χ2v) is 8.34. The van der Waals surface area contributed by atoms with Crippen LogP contribution in [-0.4, -0.2) is 77.5 Å². The maximum atomic E-state index is 11.8. The van der Waals surface area contributed by atoms with Crippen LogP contribution in [0.5, 0.6) is 0 Å². The summed E-state index contributed by atoms with van der Waals surface area (Å²) in [7, 11) is 0. The smallest absolute Gasteiger partial charge is 0.407 e. The molecule has 6 heteroatoms. The minimum Gasteiger partial charge on any atom is -0.444 e. The molecule has 2 N–H and O–H groups in total. The number of rotatable bonds is 4. The van der Waals surface area contributed by atoms with E-state index < -0.39 is 5.60 Å². The number of carbonyl (C=O) groups excluding carboxylic acids is 1. The zero-order valence-electron chi connectivity index (χ0n) is 15.8. The summed E-state index contributed by atoms with van der Waals surface area (Å²) in [5.41, 5.74) is -0.442. The molecule has 0 aliphatic carbocycles. The fraction of sp³-hybridized carbons (Fsp3) is 0.944. The Morgan fingerprint density at radius 2 is 1.75 bits per heavy atom. The second-order valence-electron chi connectivity index (χ2n) is 8.34. The average molecular weight is 341 g/mol. The molecule has 1 atom stereocenters. The van der Waals surface area contributed by atoms with Crippen molar-refractivity contribution in [3.63, 3.8) is 0 Å². The summed E-state index contributed by atoms with van der Waals surface area (Å²) in [6, 6.07) is 0.740. The molecule has 0 bridgehead atoms. The van der Waals surface area contributed by atoms with E-state index in [1.165, 1.54) is 0 Å². The molecule has 0 radical (unpaired) electrons. The van der Waals surface area contributed by atoms with Gasteiger partial charge < -0.3 is 20.1 Å². The summed E-state index contributed by atoms with van der Waals surface area (Å²) >= 11 is 0. The van der Waals surface area contributed by atoms with Crippen molar-refractivity contribution in [2.75, 3.05) is 32.7 Å². The molecule has 2 heterocycles. The third-order valence-electron chi connectivity index (χ3n) is 4.95. The van der Waals surface area contributed by atoms with Gasteiger partial charge in [-0.2, -0.15) is 0 Å². The van der Waals surface area contributed by atoms with Crippen LogP contribution in [0.3, 0.4) is 0 Å². The number of likely N-dealkylation sites (tertiary alicyclic amines) is 2. The lowest BCUT2D eigenvalue weighted by molar-refractivity contribution is 0.0422. The lowest BCUT2D eigenvalue weighted by Crippen LogP contribution is -2.50. The Labute approximate surface area is 146 Å². The van der Waals surface area contributed by atoms with Crippen molar-refractivity contribution in [2.24, 2.45) is 0 Å². The molecule has 0 unspecified atom stereocenters. The molecule has 0 spiro atoms. The van der Waals surface area contributed by atoms with Crippen molar-refractivity contribution in [1.82, 2.24) is 15.1 Å². The monoisotopic (exact) mass is 341 g/mol. The van der Waals surface area contributed by atoms with Crippen LogP contribution in [0, 0.1) is 0 Å². The van der Waals surface area contributed by atoms with Gasteiger partial charge in [0.15, 0.2) is 0 Å². The van der Waals surface area contributed by atoms with Crippen LogP contribution in [0.15, 0.2) is 0 Å². The van der Waals surface area contributed by atoms with Crippen LogP contribution in [-0.2, 0) is 4.74 Å². The summed E-state index contributed by atoms with van der Waals surface area (Å²) in [5.74, 6) is 0. The van der Waals surface area contributed by atoms with Crippen LogP contribution in [0.2, 0.25) is 0 Å². The Balaban J connectivity index is 1.66. The molecular formula is C18H35N3O3. The van der Waals surface area contributed by atoms with Gasteiger partial charge in [0.05, 0.1) is 6.10 Å². The number of hydrogen-bond donors (Lipinski definition) is 2. The number of aliphatic hydroxyl groups excluding tert-OH is 1. The molecule has 0 aromatic carbocycles. The summed E-state index contributed by atoms with van der Waals surface area (Å²) in [6.07, 6.45) is 3.33. The first-order valence-electron chi connectivity index (χ1n) is 9.37. The van der Waals surface area contributed by atoms with Crippen LogP contribution in [0.25, 0.3) is 0 Å². The number of carbonyl (C=O) groups is 1. The van der Waals surface area contributed by atoms with E-state index in [0.717, 1.165) is 58.4 Å². The molecule has 2 aliphatic heterocycles. The summed E-state index contributed by atoms with van der Waals surface area (Å²) in [5, 5.41) is 12.6. The number of aliphatic hydroxyl groups is 1. The molecule has 2 rings (SSSR count). The lowest BCUT2D eigenvalue weighted by atomic mass is 10.0. The summed E-state index contributed by atoms with van der Waals surface area (Å²) < 4.78 is 5.33. The number of hydrogen-bond acceptors (Lipinski definition) is 5. The number of nitrogens with one attached hydrogen (secondary N) is 1. The highest BCUT2D eigenvalue weighted by molar-refractivity contribution is 5.68. The van der Waals surface area contributed by atoms with Crippen molar-refractivity contribution >= 4 is 6.09 Å². The molecule has 24 heavy (non-hydrogen) atoms. The zero-order chi connectivity index (χ0) is 17.7. The van der Waals surface area contributed by atoms with E-state index >= 15 is 0 Å². The number of amides is 1. The van der Waals surface area contributed by atoms with Gasteiger partial charge in [-0.3, -0.25) is 4.90 Å². The van der Waals surface area contributed by atoms with E-state index in [0.29, 0.717) is 6.04 Å². The first kappa shape index (κ1) is 19.5. The van der Waals surface area contributed by atoms with E-state index in [1.807, 2.05) is 20.8 Å². The van der Waals surface area contributed by atoms with Crippen LogP contribution < -0.4 is 5.32 Å². The van der Waals surface area contributed by atoms with Gasteiger partial charge in [0.2, 0.25) is 0 Å². The Morgan fingerprint density at radius 3 is 2.29 bits per heavy atom. The highest BCUT2D eigenvalue weighted by Crippen LogP contribution is 2.17. The summed E-state index contributed by atoms with van der Waals surface area (Å²) in [6.45, 7) is 13.0. The molecule has 0 aromatic rings. The minimum absolute atomic E-state index is 0.108. The minimum atomic E-state index is -0.442. The maximum absolute atomic E-state index is 11.8. The predicted octanol–water partition coefficient (Wildman–Crippen LogP) is 1.82. The number of alkyl carbamates (subject to hydrolysis) is 1. The highest BCUT2D eigenvalue weighted by Gasteiger charge is 2.26. The van der Waals surface area contributed by atoms with Gasteiger partial charge in [0.25, 0.3) is 0 Å². The van der Waals surface area contributed by atoms with Gasteiger partial charge >= 0.3 is 6.09 Å². The third kappa shape index (κ3) is 6.57. The molecule has 2 saturated heterocycles. The average Bonchev–Trinajstić information content (AvgIpc) is 2.48. The van der Waals surface area contributed by atoms with E-state index in [9.17, 15) is 9.90 Å². The Hall–Kier alpha value is -0.850. The first-order chi connectivity index (χ1) is 11.2. The molecule has 6 nitrogen and oxygen atoms in total. The topological polar surface area (TPSA) is 65.0 Å². The van der Waals surface area contributed by atoms with E-state index in [1.54, 1.807) is 0 Å². The largest absolute Gasteiger partial charge is 0.444 e. The molecule has 0 saturated carbocycles. The fourth-order valence-electron chi connectivity index (χ4n) is 3.55. The molecular weight excluding hydrogens is 306 g/mol. The van der Waals surface area contributed by atoms with Crippen molar-refractivity contribution in [3.8, 4) is 0 Å². The van der Waals surface area contributed by atoms with Gasteiger partial charge in [0.1, 0.15) is 5.60 Å². The standard InChI is InChI=1S/C18H35N3O3/c1-14(21-11-7-16(22)8-12-21)13-20-9-5-15(6-10-20)19-17(23)24-18(2,3)4/h14-16,22H,5-13H2,1-4H3,(H,19,23)/t14-/m0/s1. The van der Waals surface area contributed by atoms with Gasteiger partial charge in [-0.05, 0) is 53.4 Å². The maximum Gasteiger partial charge on any atom is 0.407 e. The predicted molar refractivity (Wildman–Crippen MR) is 95.1 cm³/mol. The normalized spacial score (nSPS) is 23.9. The SMILES string of the molecule is C[C@@H](CN1CCC(NC(=O)OC(C)(C)C)CC1)N1CCC(O)CC1. The number of ether oxygens (including phenoxy) is 1. The van der Waals surface area contributed by atoms with E-state index in [-0.39, 0.29) is 18.2 Å². The lowest BCUT2D eigenvalue weighted by Gasteiger charge is -2.39. The van der Waals surface area contributed by atoms with Gasteiger partial charge in [-0.25, -0.2) is 4.79 Å². The Morgan fingerprint density at radius 1 is 1.17 bits per heavy atom. The third-order valence-corrected chi connectivity index (χ3v) is 4.95. The van der Waals surface area contributed by atoms with Gasteiger partial charge in [0, 0.05) is 44.8 Å². The van der Waals surface area contributed by atoms with Crippen molar-refractivity contribution in [3.05, 3.63) is 0 Å². The number of piperidine rings is 2. The Kier molecular flexibility index (Phi) is 6.89. The quantitative estimate of drug-likeness (QED) is 0.817. The van der Waals surface area contributed by atoms with Crippen molar-refractivity contribution < 1.29 is 14.6 Å². The zero-order valence-corrected chi connectivity index (χ0v) is 15.8. The molecule has 0 aromatic heterocycles. The van der Waals surface area contributed by atoms with Crippen molar-refractivity contribution in [2.45, 2.75) is 77.2 Å². The van der Waals surface area contributed by atoms with Crippen LogP contribution in [0.4, 0.5) is 4.79 Å². The van der Waals surface area contributed by atoms with Crippen LogP contribution in [0.1, 0.15) is 53.4 Å². The molecule has 2 fully saturated rings. The summed E-state index contributed by atoms with van der Waals surface area (Å²) in [4.78, 5) is 16.8. The second kappa shape index (κ2) is 8.50. The highest BCUT2D eigenvalue weighted by atomic mass is 16.6. The van der Waals surface area contributed by atoms with Gasteiger partial charge in [-0.1, -0.05) is 0 Å². The van der Waals surface area contributed by atoms with Gasteiger partial charge in [-0.15, -0.1) is 0 Å². The van der Waals surface area contributed by atoms with Crippen LogP contribution >= 0.6 is 0 Å².